The number of piperazine rings is 1. The van der Waals surface area contributed by atoms with Gasteiger partial charge in [-0.1, -0.05) is 36.4 Å². The molecule has 5 heteroatoms. The van der Waals surface area contributed by atoms with Gasteiger partial charge in [-0.15, -0.1) is 6.58 Å². The second-order valence-corrected chi connectivity index (χ2v) is 11.1. The van der Waals surface area contributed by atoms with Crippen LogP contribution >= 0.6 is 0 Å². The second-order valence-electron chi connectivity index (χ2n) is 11.1. The Morgan fingerprint density at radius 3 is 2.53 bits per heavy atom. The van der Waals surface area contributed by atoms with Crippen LogP contribution in [0.1, 0.15) is 50.5 Å². The Labute approximate surface area is 206 Å². The van der Waals surface area contributed by atoms with Gasteiger partial charge in [0.15, 0.2) is 0 Å². The van der Waals surface area contributed by atoms with Gasteiger partial charge in [-0.3, -0.25) is 19.5 Å². The molecule has 4 aliphatic rings. The maximum absolute atomic E-state index is 13.0. The third kappa shape index (κ3) is 5.42. The average Bonchev–Trinajstić information content (AvgIpc) is 2.87. The lowest BCUT2D eigenvalue weighted by Gasteiger charge is -2.57. The predicted octanol–water partition coefficient (Wildman–Crippen LogP) is 3.86. The van der Waals surface area contributed by atoms with E-state index in [0.29, 0.717) is 18.4 Å². The number of hydrogen-bond donors (Lipinski definition) is 0. The van der Waals surface area contributed by atoms with Gasteiger partial charge in [0, 0.05) is 64.3 Å². The van der Waals surface area contributed by atoms with E-state index in [9.17, 15) is 4.79 Å². The molecule has 0 radical (unpaired) electrons. The van der Waals surface area contributed by atoms with E-state index in [1.54, 1.807) is 0 Å². The van der Waals surface area contributed by atoms with Crippen LogP contribution in [0.5, 0.6) is 0 Å². The smallest absolute Gasteiger partial charge is 0.222 e. The summed E-state index contributed by atoms with van der Waals surface area (Å²) in [4.78, 5) is 23.1. The number of rotatable bonds is 8. The average molecular weight is 465 g/mol. The Kier molecular flexibility index (Phi) is 8.03. The zero-order valence-electron chi connectivity index (χ0n) is 21.0. The van der Waals surface area contributed by atoms with Gasteiger partial charge in [0.25, 0.3) is 0 Å². The predicted molar refractivity (Wildman–Crippen MR) is 139 cm³/mol. The quantitative estimate of drug-likeness (QED) is 0.547. The molecule has 0 aliphatic carbocycles. The summed E-state index contributed by atoms with van der Waals surface area (Å²) in [5.41, 5.74) is 1.43. The fraction of sp³-hybridized carbons (Fsp3) is 0.690. The summed E-state index contributed by atoms with van der Waals surface area (Å²) in [6, 6.07) is 12.4. The monoisotopic (exact) mass is 464 g/mol. The van der Waals surface area contributed by atoms with Crippen LogP contribution in [-0.4, -0.2) is 89.9 Å². The van der Waals surface area contributed by atoms with Crippen molar-refractivity contribution >= 4 is 5.91 Å². The Balaban J connectivity index is 1.22. The summed E-state index contributed by atoms with van der Waals surface area (Å²) in [5.74, 6) is 1.96. The molecule has 0 unspecified atom stereocenters. The zero-order chi connectivity index (χ0) is 23.3. The van der Waals surface area contributed by atoms with E-state index >= 15 is 0 Å². The van der Waals surface area contributed by atoms with Gasteiger partial charge in [-0.25, -0.2) is 0 Å². The lowest BCUT2D eigenvalue weighted by Crippen LogP contribution is -2.64. The van der Waals surface area contributed by atoms with Crippen molar-refractivity contribution in [2.75, 3.05) is 52.4 Å². The normalized spacial score (nSPS) is 30.6. The lowest BCUT2D eigenvalue weighted by molar-refractivity contribution is -0.133. The minimum absolute atomic E-state index is 0.365. The van der Waals surface area contributed by atoms with Crippen molar-refractivity contribution in [3.63, 3.8) is 0 Å². The number of carbonyl (C=O) groups excluding carboxylic acids is 1. The fourth-order valence-electron chi connectivity index (χ4n) is 7.46. The Morgan fingerprint density at radius 1 is 1.00 bits per heavy atom. The summed E-state index contributed by atoms with van der Waals surface area (Å²) in [7, 11) is 0. The molecule has 4 fully saturated rings. The van der Waals surface area contributed by atoms with Crippen molar-refractivity contribution in [3.05, 3.63) is 48.6 Å². The molecule has 5 rings (SSSR count). The molecule has 34 heavy (non-hydrogen) atoms. The highest BCUT2D eigenvalue weighted by Crippen LogP contribution is 2.43. The first-order valence-electron chi connectivity index (χ1n) is 13.9. The van der Waals surface area contributed by atoms with Crippen molar-refractivity contribution in [1.29, 1.82) is 0 Å². The Bertz CT molecular complexity index is 804. The number of piperidine rings is 3. The topological polar surface area (TPSA) is 30.0 Å². The maximum atomic E-state index is 13.0. The molecule has 186 valence electrons. The standard InChI is InChI=1S/C29H44N4O/c1-2-15-30-18-20-31(21-19-30)28(34)14-6-13-27-26-12-8-17-32-16-7-11-25(29(26)32)23-33(27)22-24-9-4-3-5-10-24/h2-5,9-10,25-27,29H,1,6-8,11-23H2/t25-,26+,27+,29-/m0/s1. The highest BCUT2D eigenvalue weighted by atomic mass is 16.2. The van der Waals surface area contributed by atoms with E-state index < -0.39 is 0 Å². The first-order valence-corrected chi connectivity index (χ1v) is 13.9. The molecule has 0 N–H and O–H groups in total. The van der Waals surface area contributed by atoms with Crippen LogP contribution in [0.4, 0.5) is 0 Å². The van der Waals surface area contributed by atoms with Crippen molar-refractivity contribution in [3.8, 4) is 0 Å². The largest absolute Gasteiger partial charge is 0.340 e. The molecule has 5 nitrogen and oxygen atoms in total. The third-order valence-electron chi connectivity index (χ3n) is 9.01. The number of nitrogens with zero attached hydrogens (tertiary/aromatic N) is 4. The van der Waals surface area contributed by atoms with E-state index in [2.05, 4.69) is 56.5 Å². The van der Waals surface area contributed by atoms with E-state index in [1.807, 2.05) is 6.08 Å². The van der Waals surface area contributed by atoms with Gasteiger partial charge in [-0.05, 0) is 69.0 Å². The van der Waals surface area contributed by atoms with Crippen LogP contribution in [0.2, 0.25) is 0 Å². The summed E-state index contributed by atoms with van der Waals surface area (Å²) >= 11 is 0. The van der Waals surface area contributed by atoms with Gasteiger partial charge in [0.2, 0.25) is 5.91 Å². The van der Waals surface area contributed by atoms with Crippen LogP contribution < -0.4 is 0 Å². The summed E-state index contributed by atoms with van der Waals surface area (Å²) in [6.45, 7) is 13.4. The number of amides is 1. The highest BCUT2D eigenvalue weighted by Gasteiger charge is 2.48. The van der Waals surface area contributed by atoms with Crippen molar-refractivity contribution in [1.82, 2.24) is 19.6 Å². The fourth-order valence-corrected chi connectivity index (χ4v) is 7.46. The SMILES string of the molecule is C=CCN1CCN(C(=O)CCC[C@@H]2[C@H]3CCCN4CCC[C@@H](CN2Cc2ccccc2)[C@@H]34)CC1. The Morgan fingerprint density at radius 2 is 1.76 bits per heavy atom. The van der Waals surface area contributed by atoms with E-state index in [4.69, 9.17) is 0 Å². The lowest BCUT2D eigenvalue weighted by atomic mass is 9.69. The maximum Gasteiger partial charge on any atom is 0.222 e. The van der Waals surface area contributed by atoms with Crippen molar-refractivity contribution in [2.24, 2.45) is 11.8 Å². The first-order chi connectivity index (χ1) is 16.7. The van der Waals surface area contributed by atoms with Crippen molar-refractivity contribution < 1.29 is 4.79 Å². The third-order valence-corrected chi connectivity index (χ3v) is 9.01. The van der Waals surface area contributed by atoms with E-state index in [0.717, 1.165) is 70.0 Å². The van der Waals surface area contributed by atoms with Crippen LogP contribution in [0, 0.1) is 11.8 Å². The summed E-state index contributed by atoms with van der Waals surface area (Å²) in [5, 5.41) is 0. The molecule has 1 aromatic rings. The van der Waals surface area contributed by atoms with Crippen molar-refractivity contribution in [2.45, 2.75) is 63.6 Å². The number of carbonyl (C=O) groups is 1. The zero-order valence-corrected chi connectivity index (χ0v) is 21.0. The molecule has 4 atom stereocenters. The van der Waals surface area contributed by atoms with Gasteiger partial charge in [-0.2, -0.15) is 0 Å². The van der Waals surface area contributed by atoms with Crippen LogP contribution in [0.15, 0.2) is 43.0 Å². The van der Waals surface area contributed by atoms with Crippen LogP contribution in [0.25, 0.3) is 0 Å². The summed E-state index contributed by atoms with van der Waals surface area (Å²) in [6.07, 6.45) is 10.3. The minimum Gasteiger partial charge on any atom is -0.340 e. The second kappa shape index (κ2) is 11.4. The van der Waals surface area contributed by atoms with E-state index in [-0.39, 0.29) is 0 Å². The van der Waals surface area contributed by atoms with Gasteiger partial charge in [0.1, 0.15) is 0 Å². The molecule has 4 aliphatic heterocycles. The summed E-state index contributed by atoms with van der Waals surface area (Å²) < 4.78 is 0. The molecular formula is C29H44N4O. The molecule has 4 saturated heterocycles. The van der Waals surface area contributed by atoms with Crippen LogP contribution in [-0.2, 0) is 11.3 Å². The Hall–Kier alpha value is -1.69. The molecule has 0 aromatic heterocycles. The number of likely N-dealkylation sites (tertiary alicyclic amines) is 1. The molecule has 0 saturated carbocycles. The van der Waals surface area contributed by atoms with E-state index in [1.165, 1.54) is 50.9 Å². The molecule has 1 amide bonds. The molecule has 1 aromatic carbocycles. The van der Waals surface area contributed by atoms with Gasteiger partial charge >= 0.3 is 0 Å². The van der Waals surface area contributed by atoms with Crippen LogP contribution in [0.3, 0.4) is 0 Å². The minimum atomic E-state index is 0.365. The molecule has 0 bridgehead atoms. The molecule has 0 spiro atoms. The van der Waals surface area contributed by atoms with Gasteiger partial charge < -0.3 is 4.90 Å². The molecular weight excluding hydrogens is 420 g/mol. The number of hydrogen-bond acceptors (Lipinski definition) is 4. The highest BCUT2D eigenvalue weighted by molar-refractivity contribution is 5.76. The number of benzene rings is 1. The first kappa shape index (κ1) is 24.0. The molecule has 4 heterocycles. The van der Waals surface area contributed by atoms with Gasteiger partial charge in [0.05, 0.1) is 0 Å².